The Kier molecular flexibility index (Phi) is 4.75. The van der Waals surface area contributed by atoms with Gasteiger partial charge < -0.3 is 14.5 Å². The SMILES string of the molecule is O=C1CCCN1CCC1CN(C(=O)COCC2CC2)c2ccccc21. The topological polar surface area (TPSA) is 49.9 Å². The highest BCUT2D eigenvalue weighted by molar-refractivity contribution is 5.96. The van der Waals surface area contributed by atoms with E-state index in [4.69, 9.17) is 4.74 Å². The van der Waals surface area contributed by atoms with Gasteiger partial charge in [-0.3, -0.25) is 9.59 Å². The molecule has 134 valence electrons. The minimum absolute atomic E-state index is 0.0489. The summed E-state index contributed by atoms with van der Waals surface area (Å²) in [5.41, 5.74) is 2.24. The monoisotopic (exact) mass is 342 g/mol. The zero-order valence-corrected chi connectivity index (χ0v) is 14.7. The summed E-state index contributed by atoms with van der Waals surface area (Å²) in [6.45, 7) is 3.25. The lowest BCUT2D eigenvalue weighted by Gasteiger charge is -2.20. The second-order valence-corrected chi connectivity index (χ2v) is 7.49. The maximum absolute atomic E-state index is 12.6. The summed E-state index contributed by atoms with van der Waals surface area (Å²) >= 11 is 0. The Hall–Kier alpha value is -1.88. The van der Waals surface area contributed by atoms with Crippen LogP contribution in [0.4, 0.5) is 5.69 Å². The fraction of sp³-hybridized carbons (Fsp3) is 0.600. The Morgan fingerprint density at radius 2 is 2.08 bits per heavy atom. The molecule has 0 bridgehead atoms. The van der Waals surface area contributed by atoms with Crippen molar-refractivity contribution in [2.75, 3.05) is 37.7 Å². The summed E-state index contributed by atoms with van der Waals surface area (Å²) in [7, 11) is 0. The first-order valence-corrected chi connectivity index (χ1v) is 9.47. The number of fused-ring (bicyclic) bond motifs is 1. The summed E-state index contributed by atoms with van der Waals surface area (Å²) in [6.07, 6.45) is 5.04. The smallest absolute Gasteiger partial charge is 0.252 e. The van der Waals surface area contributed by atoms with E-state index in [1.54, 1.807) is 0 Å². The Morgan fingerprint density at radius 1 is 1.24 bits per heavy atom. The second-order valence-electron chi connectivity index (χ2n) is 7.49. The third-order valence-corrected chi connectivity index (χ3v) is 5.57. The van der Waals surface area contributed by atoms with Gasteiger partial charge in [0.15, 0.2) is 0 Å². The van der Waals surface area contributed by atoms with Gasteiger partial charge in [0.2, 0.25) is 5.91 Å². The summed E-state index contributed by atoms with van der Waals surface area (Å²) in [6, 6.07) is 8.15. The lowest BCUT2D eigenvalue weighted by molar-refractivity contribution is -0.128. The Labute approximate surface area is 148 Å². The molecule has 1 saturated carbocycles. The van der Waals surface area contributed by atoms with Crippen LogP contribution < -0.4 is 4.90 Å². The van der Waals surface area contributed by atoms with E-state index in [9.17, 15) is 9.59 Å². The summed E-state index contributed by atoms with van der Waals surface area (Å²) in [5.74, 6) is 1.29. The maximum atomic E-state index is 12.6. The van der Waals surface area contributed by atoms with Crippen molar-refractivity contribution in [3.63, 3.8) is 0 Å². The number of hydrogen-bond donors (Lipinski definition) is 0. The Morgan fingerprint density at radius 3 is 2.84 bits per heavy atom. The number of nitrogens with zero attached hydrogens (tertiary/aromatic N) is 2. The van der Waals surface area contributed by atoms with Crippen LogP contribution in [0.15, 0.2) is 24.3 Å². The first kappa shape index (κ1) is 16.6. The number of hydrogen-bond acceptors (Lipinski definition) is 3. The van der Waals surface area contributed by atoms with Crippen molar-refractivity contribution >= 4 is 17.5 Å². The minimum Gasteiger partial charge on any atom is -0.371 e. The molecule has 1 saturated heterocycles. The number of ether oxygens (including phenoxy) is 1. The van der Waals surface area contributed by atoms with Crippen LogP contribution in [-0.2, 0) is 14.3 Å². The molecule has 3 aliphatic rings. The van der Waals surface area contributed by atoms with E-state index in [1.807, 2.05) is 28.0 Å². The van der Waals surface area contributed by atoms with E-state index in [0.717, 1.165) is 31.6 Å². The molecule has 5 nitrogen and oxygen atoms in total. The molecule has 2 heterocycles. The van der Waals surface area contributed by atoms with Gasteiger partial charge in [0.05, 0.1) is 6.61 Å². The molecule has 1 aromatic rings. The zero-order valence-electron chi connectivity index (χ0n) is 14.7. The first-order valence-electron chi connectivity index (χ1n) is 9.47. The molecule has 0 radical (unpaired) electrons. The molecule has 1 atom stereocenters. The molecule has 2 aliphatic heterocycles. The van der Waals surface area contributed by atoms with E-state index in [2.05, 4.69) is 6.07 Å². The molecule has 5 heteroatoms. The van der Waals surface area contributed by atoms with E-state index < -0.39 is 0 Å². The van der Waals surface area contributed by atoms with Gasteiger partial charge in [0, 0.05) is 37.7 Å². The predicted octanol–water partition coefficient (Wildman–Crippen LogP) is 2.56. The van der Waals surface area contributed by atoms with Gasteiger partial charge in [0.1, 0.15) is 6.61 Å². The molecule has 0 N–H and O–H groups in total. The Bertz CT molecular complexity index is 656. The zero-order chi connectivity index (χ0) is 17.2. The van der Waals surface area contributed by atoms with Crippen LogP contribution in [0.25, 0.3) is 0 Å². The van der Waals surface area contributed by atoms with Crippen molar-refractivity contribution in [2.24, 2.45) is 5.92 Å². The average molecular weight is 342 g/mol. The molecule has 25 heavy (non-hydrogen) atoms. The summed E-state index contributed by atoms with van der Waals surface area (Å²) in [4.78, 5) is 28.3. The molecule has 0 aromatic heterocycles. The minimum atomic E-state index is 0.0489. The number of rotatable bonds is 7. The number of para-hydroxylation sites is 1. The quantitative estimate of drug-likeness (QED) is 0.765. The van der Waals surface area contributed by atoms with Gasteiger partial charge in [-0.2, -0.15) is 0 Å². The highest BCUT2D eigenvalue weighted by atomic mass is 16.5. The number of carbonyl (C=O) groups is 2. The van der Waals surface area contributed by atoms with Crippen LogP contribution in [0.1, 0.15) is 43.6 Å². The van der Waals surface area contributed by atoms with E-state index in [1.165, 1.54) is 18.4 Å². The summed E-state index contributed by atoms with van der Waals surface area (Å²) in [5, 5.41) is 0. The number of likely N-dealkylation sites (tertiary alicyclic amines) is 1. The second kappa shape index (κ2) is 7.16. The maximum Gasteiger partial charge on any atom is 0.252 e. The molecule has 2 fully saturated rings. The molecule has 1 unspecified atom stereocenters. The molecule has 4 rings (SSSR count). The highest BCUT2D eigenvalue weighted by Crippen LogP contribution is 2.38. The van der Waals surface area contributed by atoms with Crippen LogP contribution >= 0.6 is 0 Å². The molecule has 0 spiro atoms. The van der Waals surface area contributed by atoms with E-state index >= 15 is 0 Å². The van der Waals surface area contributed by atoms with E-state index in [-0.39, 0.29) is 18.4 Å². The lowest BCUT2D eigenvalue weighted by Crippen LogP contribution is -2.34. The number of benzene rings is 1. The van der Waals surface area contributed by atoms with Gasteiger partial charge >= 0.3 is 0 Å². The number of carbonyl (C=O) groups excluding carboxylic acids is 2. The lowest BCUT2D eigenvalue weighted by atomic mass is 9.98. The molecule has 1 aliphatic carbocycles. The van der Waals surface area contributed by atoms with Crippen LogP contribution in [0.2, 0.25) is 0 Å². The molecule has 1 aromatic carbocycles. The largest absolute Gasteiger partial charge is 0.371 e. The van der Waals surface area contributed by atoms with Gasteiger partial charge in [-0.25, -0.2) is 0 Å². The van der Waals surface area contributed by atoms with Crippen LogP contribution in [0, 0.1) is 5.92 Å². The van der Waals surface area contributed by atoms with Gasteiger partial charge in [-0.05, 0) is 43.2 Å². The van der Waals surface area contributed by atoms with Crippen molar-refractivity contribution < 1.29 is 14.3 Å². The average Bonchev–Trinajstić information content (AvgIpc) is 3.24. The third kappa shape index (κ3) is 3.71. The standard InChI is InChI=1S/C20H26N2O3/c23-19-6-3-10-21(19)11-9-16-12-22(18-5-2-1-4-17(16)18)20(24)14-25-13-15-7-8-15/h1-2,4-5,15-16H,3,6-14H2. The predicted molar refractivity (Wildman–Crippen MR) is 95.5 cm³/mol. The van der Waals surface area contributed by atoms with Crippen LogP contribution in [0.3, 0.4) is 0 Å². The van der Waals surface area contributed by atoms with Gasteiger partial charge in [-0.1, -0.05) is 18.2 Å². The highest BCUT2D eigenvalue weighted by Gasteiger charge is 2.33. The van der Waals surface area contributed by atoms with Crippen molar-refractivity contribution in [1.82, 2.24) is 4.90 Å². The van der Waals surface area contributed by atoms with Crippen molar-refractivity contribution in [1.29, 1.82) is 0 Å². The van der Waals surface area contributed by atoms with Crippen molar-refractivity contribution in [2.45, 2.75) is 38.0 Å². The Balaban J connectivity index is 1.38. The van der Waals surface area contributed by atoms with Crippen molar-refractivity contribution in [3.8, 4) is 0 Å². The normalized spacial score (nSPS) is 22.6. The number of anilines is 1. The van der Waals surface area contributed by atoms with Crippen molar-refractivity contribution in [3.05, 3.63) is 29.8 Å². The van der Waals surface area contributed by atoms with Gasteiger partial charge in [0.25, 0.3) is 5.91 Å². The van der Waals surface area contributed by atoms with Crippen LogP contribution in [-0.4, -0.2) is 49.6 Å². The fourth-order valence-corrected chi connectivity index (χ4v) is 3.91. The molecular formula is C20H26N2O3. The first-order chi connectivity index (χ1) is 12.2. The third-order valence-electron chi connectivity index (χ3n) is 5.57. The number of amides is 2. The molecular weight excluding hydrogens is 316 g/mol. The molecule has 2 amide bonds. The van der Waals surface area contributed by atoms with Crippen LogP contribution in [0.5, 0.6) is 0 Å². The fourth-order valence-electron chi connectivity index (χ4n) is 3.91. The summed E-state index contributed by atoms with van der Waals surface area (Å²) < 4.78 is 5.59. The van der Waals surface area contributed by atoms with E-state index in [0.29, 0.717) is 31.4 Å². The van der Waals surface area contributed by atoms with Gasteiger partial charge in [-0.15, -0.1) is 0 Å².